The Morgan fingerprint density at radius 2 is 1.96 bits per heavy atom. The number of aryl methyl sites for hydroxylation is 2. The molecule has 2 aromatic rings. The maximum absolute atomic E-state index is 13.4. The van der Waals surface area contributed by atoms with E-state index in [1.165, 1.54) is 12.1 Å². The van der Waals surface area contributed by atoms with Crippen molar-refractivity contribution in [3.05, 3.63) is 65.0 Å². The number of aliphatic hydroxyl groups is 1. The van der Waals surface area contributed by atoms with Crippen LogP contribution in [0.5, 0.6) is 5.75 Å². The highest BCUT2D eigenvalue weighted by molar-refractivity contribution is 5.39. The van der Waals surface area contributed by atoms with Crippen molar-refractivity contribution in [2.24, 2.45) is 0 Å². The van der Waals surface area contributed by atoms with Crippen molar-refractivity contribution in [2.45, 2.75) is 26.1 Å². The molecule has 0 saturated carbocycles. The molecule has 1 aliphatic rings. The molecule has 0 spiro atoms. The van der Waals surface area contributed by atoms with Gasteiger partial charge in [-0.15, -0.1) is 0 Å². The number of nitrogens with zero attached hydrogens (tertiary/aromatic N) is 1. The molecule has 1 N–H and O–H groups in total. The van der Waals surface area contributed by atoms with Crippen LogP contribution in [0.1, 0.15) is 22.8 Å². The van der Waals surface area contributed by atoms with Gasteiger partial charge in [-0.1, -0.05) is 30.3 Å². The monoisotopic (exact) mass is 359 g/mol. The Morgan fingerprint density at radius 3 is 2.69 bits per heavy atom. The highest BCUT2D eigenvalue weighted by Crippen LogP contribution is 2.24. The van der Waals surface area contributed by atoms with Crippen LogP contribution in [0, 0.1) is 19.7 Å². The molecule has 2 unspecified atom stereocenters. The Morgan fingerprint density at radius 1 is 1.23 bits per heavy atom. The zero-order valence-electron chi connectivity index (χ0n) is 15.3. The lowest BCUT2D eigenvalue weighted by Crippen LogP contribution is -2.43. The molecule has 2 atom stereocenters. The Hall–Kier alpha value is -1.95. The SMILES string of the molecule is Cc1cccc(C)c1OCC(O)CN1CCOC(c2cccc(F)c2)C1. The van der Waals surface area contributed by atoms with E-state index in [1.54, 1.807) is 6.07 Å². The van der Waals surface area contributed by atoms with Crippen LogP contribution in [0.15, 0.2) is 42.5 Å². The van der Waals surface area contributed by atoms with E-state index in [0.717, 1.165) is 29.0 Å². The van der Waals surface area contributed by atoms with Gasteiger partial charge in [0, 0.05) is 19.6 Å². The van der Waals surface area contributed by atoms with Crippen molar-refractivity contribution < 1.29 is 19.0 Å². The summed E-state index contributed by atoms with van der Waals surface area (Å²) in [5.41, 5.74) is 2.96. The van der Waals surface area contributed by atoms with E-state index in [4.69, 9.17) is 9.47 Å². The fraction of sp³-hybridized carbons (Fsp3) is 0.429. The van der Waals surface area contributed by atoms with Gasteiger partial charge in [0.1, 0.15) is 24.3 Å². The van der Waals surface area contributed by atoms with E-state index >= 15 is 0 Å². The number of halogens is 1. The number of hydrogen-bond donors (Lipinski definition) is 1. The number of ether oxygens (including phenoxy) is 2. The summed E-state index contributed by atoms with van der Waals surface area (Å²) in [6.45, 7) is 6.68. The molecule has 2 aromatic carbocycles. The van der Waals surface area contributed by atoms with Crippen molar-refractivity contribution in [1.82, 2.24) is 4.90 Å². The summed E-state index contributed by atoms with van der Waals surface area (Å²) in [6.07, 6.45) is -0.772. The molecular formula is C21H26FNO3. The first-order valence-electron chi connectivity index (χ1n) is 8.99. The Bertz CT molecular complexity index is 717. The third-order valence-corrected chi connectivity index (χ3v) is 4.67. The molecule has 4 nitrogen and oxygen atoms in total. The van der Waals surface area contributed by atoms with Crippen molar-refractivity contribution in [3.63, 3.8) is 0 Å². The van der Waals surface area contributed by atoms with Crippen LogP contribution in [0.4, 0.5) is 4.39 Å². The highest BCUT2D eigenvalue weighted by atomic mass is 19.1. The molecule has 0 aliphatic carbocycles. The predicted molar refractivity (Wildman–Crippen MR) is 99.0 cm³/mol. The normalized spacial score (nSPS) is 19.3. The Kier molecular flexibility index (Phi) is 6.25. The minimum atomic E-state index is -0.597. The third kappa shape index (κ3) is 4.81. The van der Waals surface area contributed by atoms with Gasteiger partial charge in [0.2, 0.25) is 0 Å². The average molecular weight is 359 g/mol. The molecule has 1 fully saturated rings. The molecule has 1 heterocycles. The molecule has 0 aromatic heterocycles. The van der Waals surface area contributed by atoms with Crippen molar-refractivity contribution in [3.8, 4) is 5.75 Å². The van der Waals surface area contributed by atoms with Gasteiger partial charge in [0.05, 0.1) is 12.7 Å². The van der Waals surface area contributed by atoms with Gasteiger partial charge in [0.25, 0.3) is 0 Å². The lowest BCUT2D eigenvalue weighted by atomic mass is 10.1. The summed E-state index contributed by atoms with van der Waals surface area (Å²) in [5.74, 6) is 0.580. The van der Waals surface area contributed by atoms with E-state index in [2.05, 4.69) is 4.90 Å². The second-order valence-electron chi connectivity index (χ2n) is 6.86. The van der Waals surface area contributed by atoms with Crippen molar-refractivity contribution in [2.75, 3.05) is 32.8 Å². The zero-order chi connectivity index (χ0) is 18.5. The van der Waals surface area contributed by atoms with Gasteiger partial charge in [0.15, 0.2) is 0 Å². The van der Waals surface area contributed by atoms with Gasteiger partial charge in [-0.25, -0.2) is 4.39 Å². The van der Waals surface area contributed by atoms with E-state index in [0.29, 0.717) is 19.7 Å². The molecule has 1 saturated heterocycles. The van der Waals surface area contributed by atoms with Gasteiger partial charge in [-0.2, -0.15) is 0 Å². The fourth-order valence-corrected chi connectivity index (χ4v) is 3.33. The summed E-state index contributed by atoms with van der Waals surface area (Å²) < 4.78 is 25.0. The van der Waals surface area contributed by atoms with Crippen LogP contribution in [-0.2, 0) is 4.74 Å². The van der Waals surface area contributed by atoms with E-state index < -0.39 is 6.10 Å². The second-order valence-corrected chi connectivity index (χ2v) is 6.86. The average Bonchev–Trinajstić information content (AvgIpc) is 2.61. The molecule has 0 bridgehead atoms. The largest absolute Gasteiger partial charge is 0.490 e. The first kappa shape index (κ1) is 18.8. The highest BCUT2D eigenvalue weighted by Gasteiger charge is 2.24. The van der Waals surface area contributed by atoms with Crippen LogP contribution in [0.25, 0.3) is 0 Å². The summed E-state index contributed by atoms with van der Waals surface area (Å²) in [4.78, 5) is 2.14. The zero-order valence-corrected chi connectivity index (χ0v) is 15.3. The molecule has 26 heavy (non-hydrogen) atoms. The minimum absolute atomic E-state index is 0.175. The molecule has 1 aliphatic heterocycles. The van der Waals surface area contributed by atoms with Crippen LogP contribution >= 0.6 is 0 Å². The number of benzene rings is 2. The molecule has 5 heteroatoms. The van der Waals surface area contributed by atoms with E-state index in [9.17, 15) is 9.50 Å². The lowest BCUT2D eigenvalue weighted by Gasteiger charge is -2.34. The number of rotatable bonds is 6. The molecule has 3 rings (SSSR count). The number of β-amino-alcohol motifs (C(OH)–C–C–N with tert-alkyl or cyclic N) is 1. The number of hydrogen-bond acceptors (Lipinski definition) is 4. The maximum atomic E-state index is 13.4. The summed E-state index contributed by atoms with van der Waals surface area (Å²) in [5, 5.41) is 10.4. The van der Waals surface area contributed by atoms with Gasteiger partial charge >= 0.3 is 0 Å². The van der Waals surface area contributed by atoms with Crippen molar-refractivity contribution >= 4 is 0 Å². The predicted octanol–water partition coefficient (Wildman–Crippen LogP) is 3.26. The Balaban J connectivity index is 1.53. The Labute approximate surface area is 154 Å². The topological polar surface area (TPSA) is 41.9 Å². The third-order valence-electron chi connectivity index (χ3n) is 4.67. The number of morpholine rings is 1. The van der Waals surface area contributed by atoms with Crippen LogP contribution in [-0.4, -0.2) is 49.0 Å². The molecule has 0 radical (unpaired) electrons. The van der Waals surface area contributed by atoms with E-state index in [1.807, 2.05) is 38.1 Å². The van der Waals surface area contributed by atoms with Crippen LogP contribution in [0.3, 0.4) is 0 Å². The van der Waals surface area contributed by atoms with Gasteiger partial charge < -0.3 is 14.6 Å². The minimum Gasteiger partial charge on any atom is -0.490 e. The first-order valence-corrected chi connectivity index (χ1v) is 8.99. The fourth-order valence-electron chi connectivity index (χ4n) is 3.33. The summed E-state index contributed by atoms with van der Waals surface area (Å²) >= 11 is 0. The van der Waals surface area contributed by atoms with Crippen LogP contribution < -0.4 is 4.74 Å². The standard InChI is InChI=1S/C21H26FNO3/c1-15-5-3-6-16(2)21(15)26-14-19(24)12-23-9-10-25-20(13-23)17-7-4-8-18(22)11-17/h3-8,11,19-20,24H,9-10,12-14H2,1-2H3. The smallest absolute Gasteiger partial charge is 0.125 e. The second kappa shape index (κ2) is 8.62. The number of para-hydroxylation sites is 1. The quantitative estimate of drug-likeness (QED) is 0.860. The van der Waals surface area contributed by atoms with Gasteiger partial charge in [-0.3, -0.25) is 4.90 Å². The van der Waals surface area contributed by atoms with E-state index in [-0.39, 0.29) is 18.5 Å². The molecular weight excluding hydrogens is 333 g/mol. The number of aliphatic hydroxyl groups excluding tert-OH is 1. The first-order chi connectivity index (χ1) is 12.5. The summed E-state index contributed by atoms with van der Waals surface area (Å²) in [7, 11) is 0. The lowest BCUT2D eigenvalue weighted by molar-refractivity contribution is -0.0460. The van der Waals surface area contributed by atoms with Crippen LogP contribution in [0.2, 0.25) is 0 Å². The van der Waals surface area contributed by atoms with Crippen molar-refractivity contribution in [1.29, 1.82) is 0 Å². The molecule has 0 amide bonds. The summed E-state index contributed by atoms with van der Waals surface area (Å²) in [6, 6.07) is 12.5. The van der Waals surface area contributed by atoms with Gasteiger partial charge in [-0.05, 0) is 42.7 Å². The maximum Gasteiger partial charge on any atom is 0.125 e. The molecule has 140 valence electrons.